The maximum Gasteiger partial charge on any atom is 0.0406 e. The van der Waals surface area contributed by atoms with E-state index < -0.39 is 0 Å². The standard InChI is InChI=1S/C15H23ClN2/c1-18(14-4-2-3-5-14)11-10-15(17)12-6-8-13(16)9-7-12/h6-9,14-15H,2-5,10-11,17H2,1H3. The molecule has 0 spiro atoms. The van der Waals surface area contributed by atoms with Gasteiger partial charge in [0, 0.05) is 17.1 Å². The molecule has 1 fully saturated rings. The third-order valence-corrected chi connectivity index (χ3v) is 4.29. The van der Waals surface area contributed by atoms with Gasteiger partial charge in [0.25, 0.3) is 0 Å². The molecule has 0 aromatic heterocycles. The van der Waals surface area contributed by atoms with Crippen molar-refractivity contribution in [2.24, 2.45) is 5.73 Å². The lowest BCUT2D eigenvalue weighted by molar-refractivity contribution is 0.237. The molecule has 1 aliphatic carbocycles. The van der Waals surface area contributed by atoms with E-state index in [0.717, 1.165) is 24.0 Å². The Bertz CT molecular complexity index is 357. The fraction of sp³-hybridized carbons (Fsp3) is 0.600. The molecule has 1 atom stereocenters. The van der Waals surface area contributed by atoms with Gasteiger partial charge in [-0.1, -0.05) is 36.6 Å². The Kier molecular flexibility index (Phi) is 5.04. The van der Waals surface area contributed by atoms with Crippen molar-refractivity contribution in [1.29, 1.82) is 0 Å². The summed E-state index contributed by atoms with van der Waals surface area (Å²) < 4.78 is 0. The first-order chi connectivity index (χ1) is 8.66. The van der Waals surface area contributed by atoms with Crippen LogP contribution in [0.15, 0.2) is 24.3 Å². The van der Waals surface area contributed by atoms with Gasteiger partial charge in [0.15, 0.2) is 0 Å². The molecule has 2 rings (SSSR count). The molecule has 0 amide bonds. The molecule has 0 bridgehead atoms. The van der Waals surface area contributed by atoms with Crippen LogP contribution >= 0.6 is 11.6 Å². The van der Waals surface area contributed by atoms with Gasteiger partial charge in [0.2, 0.25) is 0 Å². The highest BCUT2D eigenvalue weighted by atomic mass is 35.5. The Labute approximate surface area is 115 Å². The summed E-state index contributed by atoms with van der Waals surface area (Å²) in [6.45, 7) is 1.08. The third-order valence-electron chi connectivity index (χ3n) is 4.04. The molecule has 1 aliphatic rings. The minimum Gasteiger partial charge on any atom is -0.324 e. The highest BCUT2D eigenvalue weighted by molar-refractivity contribution is 6.30. The SMILES string of the molecule is CN(CCC(N)c1ccc(Cl)cc1)C1CCCC1. The van der Waals surface area contributed by atoms with Crippen LogP contribution in [0.3, 0.4) is 0 Å². The highest BCUT2D eigenvalue weighted by Crippen LogP contribution is 2.23. The maximum atomic E-state index is 6.22. The average molecular weight is 267 g/mol. The maximum absolute atomic E-state index is 6.22. The first-order valence-corrected chi connectivity index (χ1v) is 7.26. The predicted molar refractivity (Wildman–Crippen MR) is 77.9 cm³/mol. The molecule has 0 saturated heterocycles. The molecule has 0 heterocycles. The lowest BCUT2D eigenvalue weighted by Crippen LogP contribution is -2.31. The van der Waals surface area contributed by atoms with Crippen molar-refractivity contribution in [3.63, 3.8) is 0 Å². The van der Waals surface area contributed by atoms with Crippen LogP contribution in [-0.2, 0) is 0 Å². The third kappa shape index (κ3) is 3.71. The Balaban J connectivity index is 1.80. The average Bonchev–Trinajstić information content (AvgIpc) is 2.90. The second-order valence-corrected chi connectivity index (χ2v) is 5.80. The summed E-state index contributed by atoms with van der Waals surface area (Å²) in [4.78, 5) is 2.47. The number of hydrogen-bond donors (Lipinski definition) is 1. The zero-order valence-electron chi connectivity index (χ0n) is 11.1. The summed E-state index contributed by atoms with van der Waals surface area (Å²) in [6.07, 6.45) is 6.49. The van der Waals surface area contributed by atoms with Gasteiger partial charge in [0.1, 0.15) is 0 Å². The first-order valence-electron chi connectivity index (χ1n) is 6.88. The number of nitrogens with two attached hydrogens (primary N) is 1. The van der Waals surface area contributed by atoms with Crippen LogP contribution < -0.4 is 5.73 Å². The lowest BCUT2D eigenvalue weighted by Gasteiger charge is -2.25. The van der Waals surface area contributed by atoms with Crippen molar-refractivity contribution in [3.8, 4) is 0 Å². The fourth-order valence-corrected chi connectivity index (χ4v) is 2.87. The lowest BCUT2D eigenvalue weighted by atomic mass is 10.0. The molecule has 2 N–H and O–H groups in total. The molecule has 1 unspecified atom stereocenters. The fourth-order valence-electron chi connectivity index (χ4n) is 2.75. The molecule has 18 heavy (non-hydrogen) atoms. The molecular weight excluding hydrogens is 244 g/mol. The van der Waals surface area contributed by atoms with Crippen LogP contribution in [0.25, 0.3) is 0 Å². The van der Waals surface area contributed by atoms with Gasteiger partial charge in [-0.25, -0.2) is 0 Å². The van der Waals surface area contributed by atoms with E-state index in [-0.39, 0.29) is 6.04 Å². The van der Waals surface area contributed by atoms with E-state index in [0.29, 0.717) is 0 Å². The van der Waals surface area contributed by atoms with Crippen LogP contribution in [0.2, 0.25) is 5.02 Å². The normalized spacial score (nSPS) is 18.4. The monoisotopic (exact) mass is 266 g/mol. The quantitative estimate of drug-likeness (QED) is 0.882. The van der Waals surface area contributed by atoms with E-state index in [4.69, 9.17) is 17.3 Å². The number of halogens is 1. The molecular formula is C15H23ClN2. The van der Waals surface area contributed by atoms with Crippen molar-refractivity contribution >= 4 is 11.6 Å². The zero-order chi connectivity index (χ0) is 13.0. The van der Waals surface area contributed by atoms with Crippen LogP contribution in [0.5, 0.6) is 0 Å². The zero-order valence-corrected chi connectivity index (χ0v) is 11.9. The Morgan fingerprint density at radius 1 is 1.28 bits per heavy atom. The second kappa shape index (κ2) is 6.55. The van der Waals surface area contributed by atoms with Crippen molar-refractivity contribution in [2.45, 2.75) is 44.2 Å². The van der Waals surface area contributed by atoms with Gasteiger partial charge in [-0.05, 0) is 50.6 Å². The summed E-state index contributed by atoms with van der Waals surface area (Å²) >= 11 is 5.88. The minimum atomic E-state index is 0.117. The molecule has 0 aliphatic heterocycles. The summed E-state index contributed by atoms with van der Waals surface area (Å²) in [5.74, 6) is 0. The van der Waals surface area contributed by atoms with Crippen molar-refractivity contribution in [1.82, 2.24) is 4.90 Å². The first kappa shape index (κ1) is 13.9. The summed E-state index contributed by atoms with van der Waals surface area (Å²) in [5, 5.41) is 0.772. The number of nitrogens with zero attached hydrogens (tertiary/aromatic N) is 1. The molecule has 0 radical (unpaired) electrons. The largest absolute Gasteiger partial charge is 0.324 e. The highest BCUT2D eigenvalue weighted by Gasteiger charge is 2.19. The molecule has 1 aromatic rings. The van der Waals surface area contributed by atoms with Gasteiger partial charge in [-0.3, -0.25) is 0 Å². The number of hydrogen-bond acceptors (Lipinski definition) is 2. The van der Waals surface area contributed by atoms with Crippen LogP contribution in [0, 0.1) is 0 Å². The van der Waals surface area contributed by atoms with Crippen LogP contribution in [-0.4, -0.2) is 24.5 Å². The molecule has 1 saturated carbocycles. The molecule has 2 nitrogen and oxygen atoms in total. The van der Waals surface area contributed by atoms with E-state index in [1.807, 2.05) is 24.3 Å². The Morgan fingerprint density at radius 2 is 1.89 bits per heavy atom. The van der Waals surface area contributed by atoms with Crippen LogP contribution in [0.4, 0.5) is 0 Å². The van der Waals surface area contributed by atoms with Gasteiger partial charge in [-0.2, -0.15) is 0 Å². The summed E-state index contributed by atoms with van der Waals surface area (Å²) in [5.41, 5.74) is 7.40. The van der Waals surface area contributed by atoms with Gasteiger partial charge in [0.05, 0.1) is 0 Å². The Hall–Kier alpha value is -0.570. The van der Waals surface area contributed by atoms with E-state index in [1.54, 1.807) is 0 Å². The van der Waals surface area contributed by atoms with E-state index in [9.17, 15) is 0 Å². The minimum absolute atomic E-state index is 0.117. The van der Waals surface area contributed by atoms with Crippen LogP contribution in [0.1, 0.15) is 43.7 Å². The van der Waals surface area contributed by atoms with E-state index in [1.165, 1.54) is 31.2 Å². The smallest absolute Gasteiger partial charge is 0.0406 e. The van der Waals surface area contributed by atoms with Gasteiger partial charge >= 0.3 is 0 Å². The molecule has 100 valence electrons. The molecule has 3 heteroatoms. The van der Waals surface area contributed by atoms with Crippen molar-refractivity contribution in [3.05, 3.63) is 34.9 Å². The molecule has 1 aromatic carbocycles. The van der Waals surface area contributed by atoms with E-state index in [2.05, 4.69) is 11.9 Å². The summed E-state index contributed by atoms with van der Waals surface area (Å²) in [6, 6.07) is 8.79. The topological polar surface area (TPSA) is 29.3 Å². The van der Waals surface area contributed by atoms with Gasteiger partial charge < -0.3 is 10.6 Å². The van der Waals surface area contributed by atoms with E-state index >= 15 is 0 Å². The van der Waals surface area contributed by atoms with Crippen molar-refractivity contribution in [2.75, 3.05) is 13.6 Å². The number of rotatable bonds is 5. The summed E-state index contributed by atoms with van der Waals surface area (Å²) in [7, 11) is 2.23. The second-order valence-electron chi connectivity index (χ2n) is 5.37. The van der Waals surface area contributed by atoms with Crippen molar-refractivity contribution < 1.29 is 0 Å². The Morgan fingerprint density at radius 3 is 2.50 bits per heavy atom. The number of benzene rings is 1. The van der Waals surface area contributed by atoms with Gasteiger partial charge in [-0.15, -0.1) is 0 Å². The predicted octanol–water partition coefficient (Wildman–Crippen LogP) is 3.60.